The number of nitrogens with one attached hydrogen (secondary N) is 1. The van der Waals surface area contributed by atoms with Crippen molar-refractivity contribution in [1.29, 1.82) is 0 Å². The maximum absolute atomic E-state index is 12.6. The summed E-state index contributed by atoms with van der Waals surface area (Å²) in [4.78, 5) is 0.398. The van der Waals surface area contributed by atoms with E-state index in [1.54, 1.807) is 16.4 Å². The van der Waals surface area contributed by atoms with Gasteiger partial charge < -0.3 is 5.32 Å². The number of anilines is 1. The molecule has 0 fully saturated rings. The SMILES string of the molecule is CC1=CCCN(S(=O)(=O)c2ccc3c(c2)NCC3)C1. The third kappa shape index (κ3) is 2.28. The number of sulfonamides is 1. The summed E-state index contributed by atoms with van der Waals surface area (Å²) < 4.78 is 26.8. The Balaban J connectivity index is 1.94. The second kappa shape index (κ2) is 4.65. The third-order valence-electron chi connectivity index (χ3n) is 3.73. The number of fused-ring (bicyclic) bond motifs is 1. The summed E-state index contributed by atoms with van der Waals surface area (Å²) in [6, 6.07) is 5.43. The van der Waals surface area contributed by atoms with E-state index < -0.39 is 10.0 Å². The summed E-state index contributed by atoms with van der Waals surface area (Å²) in [7, 11) is -3.36. The fraction of sp³-hybridized carbons (Fsp3) is 0.429. The van der Waals surface area contributed by atoms with Crippen LogP contribution in [0.15, 0.2) is 34.7 Å². The quantitative estimate of drug-likeness (QED) is 0.842. The number of rotatable bonds is 2. The first kappa shape index (κ1) is 12.7. The zero-order valence-corrected chi connectivity index (χ0v) is 11.8. The van der Waals surface area contributed by atoms with Crippen molar-refractivity contribution in [2.45, 2.75) is 24.7 Å². The molecular formula is C14H18N2O2S. The van der Waals surface area contributed by atoms with E-state index in [2.05, 4.69) is 11.4 Å². The second-order valence-corrected chi connectivity index (χ2v) is 7.11. The van der Waals surface area contributed by atoms with Gasteiger partial charge in [0.1, 0.15) is 0 Å². The van der Waals surface area contributed by atoms with Gasteiger partial charge in [-0.3, -0.25) is 0 Å². The van der Waals surface area contributed by atoms with E-state index in [-0.39, 0.29) is 0 Å². The second-order valence-electron chi connectivity index (χ2n) is 5.17. The largest absolute Gasteiger partial charge is 0.384 e. The van der Waals surface area contributed by atoms with Gasteiger partial charge in [-0.05, 0) is 37.5 Å². The lowest BCUT2D eigenvalue weighted by atomic mass is 10.2. The molecule has 0 aliphatic carbocycles. The Kier molecular flexibility index (Phi) is 3.11. The molecule has 1 N–H and O–H groups in total. The zero-order valence-electron chi connectivity index (χ0n) is 11.0. The molecule has 0 amide bonds. The Morgan fingerprint density at radius 3 is 2.95 bits per heavy atom. The van der Waals surface area contributed by atoms with Crippen LogP contribution in [0.3, 0.4) is 0 Å². The molecule has 0 saturated carbocycles. The van der Waals surface area contributed by atoms with Crippen LogP contribution >= 0.6 is 0 Å². The number of benzene rings is 1. The van der Waals surface area contributed by atoms with Crippen molar-refractivity contribution in [3.8, 4) is 0 Å². The monoisotopic (exact) mass is 278 g/mol. The van der Waals surface area contributed by atoms with Crippen LogP contribution in [0.1, 0.15) is 18.9 Å². The fourth-order valence-corrected chi connectivity index (χ4v) is 4.19. The molecule has 3 rings (SSSR count). The minimum Gasteiger partial charge on any atom is -0.384 e. The highest BCUT2D eigenvalue weighted by atomic mass is 32.2. The van der Waals surface area contributed by atoms with Crippen molar-refractivity contribution < 1.29 is 8.42 Å². The molecule has 2 heterocycles. The summed E-state index contributed by atoms with van der Waals surface area (Å²) in [5.41, 5.74) is 3.29. The molecule has 0 unspecified atom stereocenters. The van der Waals surface area contributed by atoms with Crippen molar-refractivity contribution in [1.82, 2.24) is 4.31 Å². The molecule has 2 aliphatic heterocycles. The lowest BCUT2D eigenvalue weighted by Crippen LogP contribution is -2.35. The lowest BCUT2D eigenvalue weighted by Gasteiger charge is -2.25. The van der Waals surface area contributed by atoms with Gasteiger partial charge in [-0.2, -0.15) is 4.31 Å². The summed E-state index contributed by atoms with van der Waals surface area (Å²) in [6.45, 7) is 3.95. The van der Waals surface area contributed by atoms with Crippen LogP contribution in [0.5, 0.6) is 0 Å². The minimum atomic E-state index is -3.36. The standard InChI is InChI=1S/C14H18N2O2S/c1-11-3-2-8-16(10-11)19(17,18)13-5-4-12-6-7-15-14(12)9-13/h3-5,9,15H,2,6-8,10H2,1H3. The van der Waals surface area contributed by atoms with Crippen molar-refractivity contribution in [2.75, 3.05) is 25.0 Å². The Morgan fingerprint density at radius 1 is 1.32 bits per heavy atom. The number of nitrogens with zero attached hydrogens (tertiary/aromatic N) is 1. The molecule has 5 heteroatoms. The van der Waals surface area contributed by atoms with E-state index in [4.69, 9.17) is 0 Å². The highest BCUT2D eigenvalue weighted by Crippen LogP contribution is 2.28. The maximum atomic E-state index is 12.6. The maximum Gasteiger partial charge on any atom is 0.243 e. The molecular weight excluding hydrogens is 260 g/mol. The van der Waals surface area contributed by atoms with Gasteiger partial charge in [0, 0.05) is 25.3 Å². The molecule has 0 aromatic heterocycles. The van der Waals surface area contributed by atoms with Crippen LogP contribution in [0.4, 0.5) is 5.69 Å². The van der Waals surface area contributed by atoms with Gasteiger partial charge in [-0.25, -0.2) is 8.42 Å². The Labute approximate surface area is 114 Å². The van der Waals surface area contributed by atoms with Crippen LogP contribution in [-0.4, -0.2) is 32.4 Å². The van der Waals surface area contributed by atoms with Crippen LogP contribution < -0.4 is 5.32 Å². The van der Waals surface area contributed by atoms with Gasteiger partial charge in [-0.15, -0.1) is 0 Å². The van der Waals surface area contributed by atoms with E-state index >= 15 is 0 Å². The van der Waals surface area contributed by atoms with Gasteiger partial charge in [0.25, 0.3) is 0 Å². The van der Waals surface area contributed by atoms with E-state index in [1.165, 1.54) is 5.56 Å². The van der Waals surface area contributed by atoms with Crippen molar-refractivity contribution in [2.24, 2.45) is 0 Å². The van der Waals surface area contributed by atoms with Crippen LogP contribution in [0, 0.1) is 0 Å². The van der Waals surface area contributed by atoms with Crippen molar-refractivity contribution in [3.05, 3.63) is 35.4 Å². The van der Waals surface area contributed by atoms with E-state index in [0.717, 1.165) is 30.6 Å². The van der Waals surface area contributed by atoms with Crippen molar-refractivity contribution in [3.63, 3.8) is 0 Å². The average molecular weight is 278 g/mol. The minimum absolute atomic E-state index is 0.398. The van der Waals surface area contributed by atoms with Gasteiger partial charge in [0.15, 0.2) is 0 Å². The summed E-state index contributed by atoms with van der Waals surface area (Å²) in [6.07, 6.45) is 3.88. The summed E-state index contributed by atoms with van der Waals surface area (Å²) >= 11 is 0. The molecule has 0 saturated heterocycles. The first-order valence-corrected chi connectivity index (χ1v) is 8.04. The smallest absolute Gasteiger partial charge is 0.243 e. The molecule has 1 aromatic carbocycles. The highest BCUT2D eigenvalue weighted by Gasteiger charge is 2.27. The molecule has 102 valence electrons. The lowest BCUT2D eigenvalue weighted by molar-refractivity contribution is 0.428. The normalized spacial score (nSPS) is 19.7. The molecule has 0 bridgehead atoms. The van der Waals surface area contributed by atoms with E-state index in [0.29, 0.717) is 18.0 Å². The molecule has 19 heavy (non-hydrogen) atoms. The molecule has 1 aromatic rings. The topological polar surface area (TPSA) is 49.4 Å². The zero-order chi connectivity index (χ0) is 13.5. The van der Waals surface area contributed by atoms with Gasteiger partial charge in [-0.1, -0.05) is 17.7 Å². The number of hydrogen-bond donors (Lipinski definition) is 1. The molecule has 0 radical (unpaired) electrons. The van der Waals surface area contributed by atoms with E-state index in [1.807, 2.05) is 13.0 Å². The van der Waals surface area contributed by atoms with Gasteiger partial charge in [0.2, 0.25) is 10.0 Å². The van der Waals surface area contributed by atoms with Crippen LogP contribution in [-0.2, 0) is 16.4 Å². The van der Waals surface area contributed by atoms with Gasteiger partial charge >= 0.3 is 0 Å². The molecule has 2 aliphatic rings. The summed E-state index contributed by atoms with van der Waals surface area (Å²) in [5, 5.41) is 3.23. The highest BCUT2D eigenvalue weighted by molar-refractivity contribution is 7.89. The average Bonchev–Trinajstić information content (AvgIpc) is 2.85. The first-order valence-electron chi connectivity index (χ1n) is 6.60. The van der Waals surface area contributed by atoms with Crippen molar-refractivity contribution >= 4 is 15.7 Å². The summed E-state index contributed by atoms with van der Waals surface area (Å²) in [5.74, 6) is 0. The van der Waals surface area contributed by atoms with Crippen LogP contribution in [0.2, 0.25) is 0 Å². The number of hydrogen-bond acceptors (Lipinski definition) is 3. The third-order valence-corrected chi connectivity index (χ3v) is 5.57. The molecule has 0 atom stereocenters. The van der Waals surface area contributed by atoms with E-state index in [9.17, 15) is 8.42 Å². The Morgan fingerprint density at radius 2 is 2.16 bits per heavy atom. The van der Waals surface area contributed by atoms with Gasteiger partial charge in [0.05, 0.1) is 4.90 Å². The Bertz CT molecular complexity index is 635. The molecule has 0 spiro atoms. The fourth-order valence-electron chi connectivity index (χ4n) is 2.66. The predicted molar refractivity (Wildman–Crippen MR) is 75.8 cm³/mol. The Hall–Kier alpha value is -1.33. The first-order chi connectivity index (χ1) is 9.07. The molecule has 4 nitrogen and oxygen atoms in total. The van der Waals surface area contributed by atoms with Crippen LogP contribution in [0.25, 0.3) is 0 Å². The predicted octanol–water partition coefficient (Wildman–Crippen LogP) is 2.00.